The molecule has 0 radical (unpaired) electrons. The van der Waals surface area contributed by atoms with Crippen LogP contribution in [0.25, 0.3) is 0 Å². The molecule has 1 N–H and O–H groups in total. The maximum absolute atomic E-state index is 13.2. The Morgan fingerprint density at radius 1 is 1.40 bits per heavy atom. The number of anilines is 1. The van der Waals surface area contributed by atoms with Crippen molar-refractivity contribution in [2.75, 3.05) is 5.32 Å². The number of nitrogens with zero attached hydrogens (tertiary/aromatic N) is 1. The molecule has 1 atom stereocenters. The van der Waals surface area contributed by atoms with Crippen molar-refractivity contribution in [2.24, 2.45) is 0 Å². The van der Waals surface area contributed by atoms with E-state index in [1.807, 2.05) is 0 Å². The quantitative estimate of drug-likeness (QED) is 0.839. The highest BCUT2D eigenvalue weighted by Gasteiger charge is 2.15. The molecule has 0 fully saturated rings. The Hall–Kier alpha value is -1.70. The minimum absolute atomic E-state index is 0.0261. The summed E-state index contributed by atoms with van der Waals surface area (Å²) in [6.07, 6.45) is -2.57. The molecule has 15 heavy (non-hydrogen) atoms. The van der Waals surface area contributed by atoms with E-state index in [0.717, 1.165) is 6.07 Å². The molecule has 2 nitrogen and oxygen atoms in total. The summed E-state index contributed by atoms with van der Waals surface area (Å²) < 4.78 is 37.5. The lowest BCUT2D eigenvalue weighted by Gasteiger charge is -2.14. The van der Waals surface area contributed by atoms with E-state index >= 15 is 0 Å². The predicted molar refractivity (Wildman–Crippen MR) is 50.2 cm³/mol. The van der Waals surface area contributed by atoms with Crippen LogP contribution in [0.3, 0.4) is 0 Å². The van der Waals surface area contributed by atoms with E-state index in [2.05, 4.69) is 5.32 Å². The molecular formula is C10H9F3N2. The molecule has 0 aliphatic carbocycles. The van der Waals surface area contributed by atoms with Crippen molar-refractivity contribution in [1.29, 1.82) is 5.26 Å². The molecule has 80 valence electrons. The van der Waals surface area contributed by atoms with Crippen molar-refractivity contribution in [2.45, 2.75) is 19.4 Å². The number of nitriles is 1. The van der Waals surface area contributed by atoms with Crippen LogP contribution in [0.1, 0.15) is 12.5 Å². The fraction of sp³-hybridized carbons (Fsp3) is 0.300. The summed E-state index contributed by atoms with van der Waals surface area (Å²) in [4.78, 5) is 0. The standard InChI is InChI=1S/C10H9F3N2/c1-6(10(12)13)15-9-3-2-7(5-14)4-8(9)11/h2-4,6,10,15H,1H3. The van der Waals surface area contributed by atoms with Crippen LogP contribution in [0.4, 0.5) is 18.9 Å². The van der Waals surface area contributed by atoms with Crippen LogP contribution in [-0.2, 0) is 0 Å². The van der Waals surface area contributed by atoms with Gasteiger partial charge in [-0.05, 0) is 25.1 Å². The third-order valence-corrected chi connectivity index (χ3v) is 1.86. The van der Waals surface area contributed by atoms with E-state index in [-0.39, 0.29) is 11.3 Å². The van der Waals surface area contributed by atoms with Gasteiger partial charge in [0.15, 0.2) is 0 Å². The second-order valence-electron chi connectivity index (χ2n) is 3.07. The molecular weight excluding hydrogens is 205 g/mol. The highest BCUT2D eigenvalue weighted by atomic mass is 19.3. The van der Waals surface area contributed by atoms with E-state index in [4.69, 9.17) is 5.26 Å². The smallest absolute Gasteiger partial charge is 0.258 e. The Morgan fingerprint density at radius 2 is 2.07 bits per heavy atom. The maximum Gasteiger partial charge on any atom is 0.258 e. The van der Waals surface area contributed by atoms with Gasteiger partial charge in [-0.3, -0.25) is 0 Å². The number of halogens is 3. The molecule has 0 aliphatic rings. The Labute approximate surface area is 85.3 Å². The molecule has 0 amide bonds. The molecule has 1 unspecified atom stereocenters. The van der Waals surface area contributed by atoms with E-state index in [9.17, 15) is 13.2 Å². The molecule has 1 aromatic carbocycles. The largest absolute Gasteiger partial charge is 0.375 e. The zero-order chi connectivity index (χ0) is 11.4. The Morgan fingerprint density at radius 3 is 2.53 bits per heavy atom. The number of benzene rings is 1. The molecule has 0 bridgehead atoms. The third kappa shape index (κ3) is 2.88. The average molecular weight is 214 g/mol. The van der Waals surface area contributed by atoms with Crippen LogP contribution < -0.4 is 5.32 Å². The van der Waals surface area contributed by atoms with Gasteiger partial charge < -0.3 is 5.32 Å². The molecule has 0 heterocycles. The average Bonchev–Trinajstić information content (AvgIpc) is 2.20. The molecule has 1 rings (SSSR count). The minimum atomic E-state index is -2.57. The molecule has 5 heteroatoms. The van der Waals surface area contributed by atoms with Crippen LogP contribution in [0.15, 0.2) is 18.2 Å². The topological polar surface area (TPSA) is 35.8 Å². The van der Waals surface area contributed by atoms with Crippen molar-refractivity contribution >= 4 is 5.69 Å². The molecule has 0 saturated heterocycles. The van der Waals surface area contributed by atoms with Gasteiger partial charge in [-0.25, -0.2) is 13.2 Å². The van der Waals surface area contributed by atoms with Crippen LogP contribution in [0.5, 0.6) is 0 Å². The first-order valence-corrected chi connectivity index (χ1v) is 4.29. The van der Waals surface area contributed by atoms with Gasteiger partial charge in [0.2, 0.25) is 0 Å². The summed E-state index contributed by atoms with van der Waals surface area (Å²) in [6.45, 7) is 1.25. The Kier molecular flexibility index (Phi) is 3.56. The summed E-state index contributed by atoms with van der Waals surface area (Å²) in [5.74, 6) is -0.707. The van der Waals surface area contributed by atoms with Crippen molar-refractivity contribution in [1.82, 2.24) is 0 Å². The van der Waals surface area contributed by atoms with Crippen LogP contribution in [-0.4, -0.2) is 12.5 Å². The minimum Gasteiger partial charge on any atom is -0.375 e. The van der Waals surface area contributed by atoms with Crippen LogP contribution in [0, 0.1) is 17.1 Å². The second kappa shape index (κ2) is 4.69. The number of hydrogen-bond donors (Lipinski definition) is 1. The molecule has 0 aromatic heterocycles. The number of rotatable bonds is 3. The maximum atomic E-state index is 13.2. The summed E-state index contributed by atoms with van der Waals surface area (Å²) in [6, 6.07) is 4.26. The fourth-order valence-electron chi connectivity index (χ4n) is 1.01. The molecule has 0 spiro atoms. The van der Waals surface area contributed by atoms with Gasteiger partial charge in [0.1, 0.15) is 5.82 Å². The second-order valence-corrected chi connectivity index (χ2v) is 3.07. The number of hydrogen-bond acceptors (Lipinski definition) is 2. The first-order chi connectivity index (χ1) is 7.04. The van der Waals surface area contributed by atoms with Gasteiger partial charge >= 0.3 is 0 Å². The molecule has 0 aliphatic heterocycles. The predicted octanol–water partition coefficient (Wildman–Crippen LogP) is 2.76. The van der Waals surface area contributed by atoms with E-state index in [1.54, 1.807) is 6.07 Å². The lowest BCUT2D eigenvalue weighted by molar-refractivity contribution is 0.130. The SMILES string of the molecule is CC(Nc1ccc(C#N)cc1F)C(F)F. The monoisotopic (exact) mass is 214 g/mol. The fourth-order valence-corrected chi connectivity index (χ4v) is 1.01. The van der Waals surface area contributed by atoms with Gasteiger partial charge in [0.25, 0.3) is 6.43 Å². The van der Waals surface area contributed by atoms with Crippen LogP contribution in [0.2, 0.25) is 0 Å². The van der Waals surface area contributed by atoms with E-state index in [0.29, 0.717) is 0 Å². The molecule has 0 saturated carbocycles. The highest BCUT2D eigenvalue weighted by molar-refractivity contribution is 5.49. The number of nitrogens with one attached hydrogen (secondary N) is 1. The van der Waals surface area contributed by atoms with Gasteiger partial charge in [-0.1, -0.05) is 0 Å². The normalized spacial score (nSPS) is 12.3. The number of alkyl halides is 2. The summed E-state index contributed by atoms with van der Waals surface area (Å²) >= 11 is 0. The van der Waals surface area contributed by atoms with Crippen LogP contribution >= 0.6 is 0 Å². The summed E-state index contributed by atoms with van der Waals surface area (Å²) in [7, 11) is 0. The van der Waals surface area contributed by atoms with Gasteiger partial charge in [0.05, 0.1) is 23.4 Å². The zero-order valence-corrected chi connectivity index (χ0v) is 7.97. The van der Waals surface area contributed by atoms with Gasteiger partial charge in [0, 0.05) is 0 Å². The van der Waals surface area contributed by atoms with Crippen molar-refractivity contribution in [3.63, 3.8) is 0 Å². The van der Waals surface area contributed by atoms with Crippen molar-refractivity contribution in [3.8, 4) is 6.07 Å². The highest BCUT2D eigenvalue weighted by Crippen LogP contribution is 2.17. The summed E-state index contributed by atoms with van der Waals surface area (Å²) in [5.41, 5.74) is 0.129. The van der Waals surface area contributed by atoms with E-state index in [1.165, 1.54) is 19.1 Å². The Balaban J connectivity index is 2.84. The zero-order valence-electron chi connectivity index (χ0n) is 7.97. The Bertz CT molecular complexity index is 385. The van der Waals surface area contributed by atoms with Gasteiger partial charge in [-0.15, -0.1) is 0 Å². The van der Waals surface area contributed by atoms with Crippen molar-refractivity contribution < 1.29 is 13.2 Å². The lowest BCUT2D eigenvalue weighted by atomic mass is 10.2. The van der Waals surface area contributed by atoms with Gasteiger partial charge in [-0.2, -0.15) is 5.26 Å². The third-order valence-electron chi connectivity index (χ3n) is 1.86. The first kappa shape index (κ1) is 11.4. The lowest BCUT2D eigenvalue weighted by Crippen LogP contribution is -2.24. The van der Waals surface area contributed by atoms with E-state index < -0.39 is 18.3 Å². The molecule has 1 aromatic rings. The first-order valence-electron chi connectivity index (χ1n) is 4.29. The van der Waals surface area contributed by atoms with Crippen molar-refractivity contribution in [3.05, 3.63) is 29.6 Å². The summed E-state index contributed by atoms with van der Waals surface area (Å²) in [5, 5.41) is 10.8.